The minimum Gasteiger partial charge on any atom is -0.375 e. The van der Waals surface area contributed by atoms with Crippen molar-refractivity contribution in [2.75, 3.05) is 13.7 Å². The lowest BCUT2D eigenvalue weighted by Gasteiger charge is -2.28. The van der Waals surface area contributed by atoms with E-state index in [1.165, 1.54) is 0 Å². The molecule has 0 bridgehead atoms. The van der Waals surface area contributed by atoms with Gasteiger partial charge in [0.25, 0.3) is 0 Å². The molecule has 90 valence electrons. The lowest BCUT2D eigenvalue weighted by Crippen LogP contribution is -2.31. The van der Waals surface area contributed by atoms with Crippen molar-refractivity contribution >= 4 is 5.91 Å². The highest BCUT2D eigenvalue weighted by Gasteiger charge is 2.23. The summed E-state index contributed by atoms with van der Waals surface area (Å²) in [7, 11) is 1.67. The number of carbonyl (C=O) groups excluding carboxylic acids is 1. The van der Waals surface area contributed by atoms with Crippen LogP contribution in [0.1, 0.15) is 52.9 Å². The summed E-state index contributed by atoms with van der Waals surface area (Å²) in [5.41, 5.74) is -0.137. The molecule has 0 fully saturated rings. The van der Waals surface area contributed by atoms with Gasteiger partial charge in [-0.2, -0.15) is 0 Å². The predicted molar refractivity (Wildman–Crippen MR) is 62.9 cm³/mol. The average Bonchev–Trinajstić information content (AvgIpc) is 2.26. The third-order valence-electron chi connectivity index (χ3n) is 2.86. The fraction of sp³-hybridized carbons (Fsp3) is 0.917. The van der Waals surface area contributed by atoms with E-state index in [0.717, 1.165) is 32.3 Å². The number of amides is 1. The summed E-state index contributed by atoms with van der Waals surface area (Å²) in [4.78, 5) is 11.1. The summed E-state index contributed by atoms with van der Waals surface area (Å²) in [6.07, 6.45) is 4.54. The molecule has 0 aliphatic heterocycles. The first-order chi connectivity index (χ1) is 7.08. The second-order valence-corrected chi connectivity index (χ2v) is 4.18. The van der Waals surface area contributed by atoms with Crippen LogP contribution in [0.5, 0.6) is 0 Å². The van der Waals surface area contributed by atoms with Crippen LogP contribution in [0.2, 0.25) is 0 Å². The normalized spacial score (nSPS) is 14.7. The van der Waals surface area contributed by atoms with E-state index in [0.29, 0.717) is 6.42 Å². The van der Waals surface area contributed by atoms with Crippen LogP contribution in [0.3, 0.4) is 0 Å². The van der Waals surface area contributed by atoms with Crippen molar-refractivity contribution in [3.8, 4) is 0 Å². The van der Waals surface area contributed by atoms with Crippen molar-refractivity contribution in [2.45, 2.75) is 58.5 Å². The van der Waals surface area contributed by atoms with Crippen molar-refractivity contribution in [1.82, 2.24) is 5.32 Å². The van der Waals surface area contributed by atoms with E-state index in [1.807, 2.05) is 0 Å². The average molecular weight is 215 g/mol. The Hall–Kier alpha value is -0.570. The third-order valence-corrected chi connectivity index (χ3v) is 2.86. The molecule has 0 aromatic rings. The molecule has 0 saturated heterocycles. The van der Waals surface area contributed by atoms with Gasteiger partial charge in [0.1, 0.15) is 0 Å². The lowest BCUT2D eigenvalue weighted by molar-refractivity contribution is -0.122. The predicted octanol–water partition coefficient (Wildman–Crippen LogP) is 2.50. The highest BCUT2D eigenvalue weighted by Crippen LogP contribution is 2.22. The van der Waals surface area contributed by atoms with Gasteiger partial charge >= 0.3 is 0 Å². The Bertz CT molecular complexity index is 182. The van der Waals surface area contributed by atoms with E-state index in [2.05, 4.69) is 26.1 Å². The van der Waals surface area contributed by atoms with Gasteiger partial charge in [0.05, 0.1) is 5.60 Å². The molecule has 0 aliphatic rings. The summed E-state index contributed by atoms with van der Waals surface area (Å²) in [5, 5.41) is 2.63. The molecule has 0 aliphatic carbocycles. The molecule has 1 N–H and O–H groups in total. The Morgan fingerprint density at radius 3 is 2.53 bits per heavy atom. The first kappa shape index (κ1) is 14.4. The van der Waals surface area contributed by atoms with E-state index in [9.17, 15) is 4.79 Å². The maximum Gasteiger partial charge on any atom is 0.219 e. The quantitative estimate of drug-likeness (QED) is 0.632. The molecule has 0 heterocycles. The number of carbonyl (C=O) groups is 1. The summed E-state index contributed by atoms with van der Waals surface area (Å²) >= 11 is 0. The number of nitrogens with one attached hydrogen (secondary N) is 1. The molecule has 3 nitrogen and oxygen atoms in total. The van der Waals surface area contributed by atoms with Crippen LogP contribution in [0, 0.1) is 0 Å². The van der Waals surface area contributed by atoms with Crippen molar-refractivity contribution in [2.24, 2.45) is 0 Å². The van der Waals surface area contributed by atoms with Crippen LogP contribution in [0.4, 0.5) is 0 Å². The molecule has 15 heavy (non-hydrogen) atoms. The van der Waals surface area contributed by atoms with Crippen molar-refractivity contribution < 1.29 is 9.53 Å². The van der Waals surface area contributed by atoms with Crippen molar-refractivity contribution in [3.05, 3.63) is 0 Å². The van der Waals surface area contributed by atoms with Crippen LogP contribution >= 0.6 is 0 Å². The van der Waals surface area contributed by atoms with Crippen LogP contribution in [0.25, 0.3) is 0 Å². The van der Waals surface area contributed by atoms with Gasteiger partial charge in [0.2, 0.25) is 5.91 Å². The summed E-state index contributed by atoms with van der Waals surface area (Å²) in [6.45, 7) is 7.15. The summed E-state index contributed by atoms with van der Waals surface area (Å²) in [5.74, 6) is 0.0915. The van der Waals surface area contributed by atoms with Gasteiger partial charge in [0.15, 0.2) is 0 Å². The maximum absolute atomic E-state index is 11.1. The van der Waals surface area contributed by atoms with Crippen LogP contribution in [0.15, 0.2) is 0 Å². The largest absolute Gasteiger partial charge is 0.375 e. The number of ether oxygens (including phenoxy) is 1. The lowest BCUT2D eigenvalue weighted by atomic mass is 9.96. The van der Waals surface area contributed by atoms with Gasteiger partial charge in [0, 0.05) is 20.1 Å². The Balaban J connectivity index is 3.89. The molecule has 0 rings (SSSR count). The zero-order valence-electron chi connectivity index (χ0n) is 10.6. The number of rotatable bonds is 8. The number of unbranched alkanes of at least 4 members (excludes halogenated alkanes) is 1. The van der Waals surface area contributed by atoms with Crippen molar-refractivity contribution in [3.63, 3.8) is 0 Å². The minimum atomic E-state index is -0.137. The topological polar surface area (TPSA) is 38.3 Å². The Labute approximate surface area is 93.6 Å². The minimum absolute atomic E-state index is 0.0915. The molecule has 3 heteroatoms. The second-order valence-electron chi connectivity index (χ2n) is 4.18. The summed E-state index contributed by atoms with van der Waals surface area (Å²) < 4.78 is 5.83. The van der Waals surface area contributed by atoms with E-state index in [-0.39, 0.29) is 11.5 Å². The fourth-order valence-corrected chi connectivity index (χ4v) is 1.32. The monoisotopic (exact) mass is 215 g/mol. The molecule has 1 atom stereocenters. The zero-order chi connectivity index (χ0) is 11.7. The van der Waals surface area contributed by atoms with Gasteiger partial charge < -0.3 is 10.1 Å². The van der Waals surface area contributed by atoms with Crippen LogP contribution in [-0.4, -0.2) is 25.2 Å². The summed E-state index contributed by atoms with van der Waals surface area (Å²) in [6, 6.07) is 0. The molecule has 0 aromatic carbocycles. The van der Waals surface area contributed by atoms with Crippen molar-refractivity contribution in [1.29, 1.82) is 0 Å². The molecule has 0 spiro atoms. The van der Waals surface area contributed by atoms with E-state index < -0.39 is 0 Å². The molecular formula is C12H25NO2. The molecule has 1 unspecified atom stereocenters. The first-order valence-corrected chi connectivity index (χ1v) is 5.92. The maximum atomic E-state index is 11.1. The fourth-order valence-electron chi connectivity index (χ4n) is 1.32. The molecular weight excluding hydrogens is 190 g/mol. The Kier molecular flexibility index (Phi) is 7.39. The van der Waals surface area contributed by atoms with Crippen LogP contribution in [-0.2, 0) is 9.53 Å². The van der Waals surface area contributed by atoms with Gasteiger partial charge in [-0.25, -0.2) is 0 Å². The number of hydrogen-bond acceptors (Lipinski definition) is 2. The standard InChI is InChI=1S/C12H25NO2/c1-5-7-10-15-12(3,6-2)9-8-11(14)13-4/h5-10H2,1-4H3,(H,13,14). The van der Waals surface area contributed by atoms with Gasteiger partial charge in [-0.15, -0.1) is 0 Å². The Morgan fingerprint density at radius 2 is 2.07 bits per heavy atom. The molecule has 1 amide bonds. The molecule has 0 radical (unpaired) electrons. The number of hydrogen-bond donors (Lipinski definition) is 1. The van der Waals surface area contributed by atoms with E-state index in [4.69, 9.17) is 4.74 Å². The Morgan fingerprint density at radius 1 is 1.40 bits per heavy atom. The van der Waals surface area contributed by atoms with Gasteiger partial charge in [-0.3, -0.25) is 4.79 Å². The van der Waals surface area contributed by atoms with Gasteiger partial charge in [-0.05, 0) is 26.2 Å². The highest BCUT2D eigenvalue weighted by atomic mass is 16.5. The first-order valence-electron chi connectivity index (χ1n) is 5.92. The van der Waals surface area contributed by atoms with E-state index in [1.54, 1.807) is 7.05 Å². The van der Waals surface area contributed by atoms with E-state index >= 15 is 0 Å². The SMILES string of the molecule is CCCCOC(C)(CC)CCC(=O)NC. The molecule has 0 aromatic heterocycles. The second kappa shape index (κ2) is 7.69. The van der Waals surface area contributed by atoms with Gasteiger partial charge in [-0.1, -0.05) is 20.3 Å². The molecule has 0 saturated carbocycles. The van der Waals surface area contributed by atoms with Crippen LogP contribution < -0.4 is 5.32 Å². The smallest absolute Gasteiger partial charge is 0.219 e. The zero-order valence-corrected chi connectivity index (χ0v) is 10.6. The highest BCUT2D eigenvalue weighted by molar-refractivity contribution is 5.75. The third kappa shape index (κ3) is 6.50.